The molecular weight excluding hydrogens is 1060 g/mol. The van der Waals surface area contributed by atoms with Crippen LogP contribution in [0.4, 0.5) is 22.7 Å². The van der Waals surface area contributed by atoms with E-state index in [4.69, 9.17) is 9.72 Å². The molecule has 0 saturated heterocycles. The number of pyridine rings is 1. The van der Waals surface area contributed by atoms with Crippen molar-refractivity contribution in [2.45, 2.75) is 157 Å². The molecule has 8 aromatic rings. The van der Waals surface area contributed by atoms with E-state index in [2.05, 4.69) is 245 Å². The summed E-state index contributed by atoms with van der Waals surface area (Å²) in [7, 11) is 4.69. The predicted molar refractivity (Wildman–Crippen MR) is 304 cm³/mol. The van der Waals surface area contributed by atoms with Crippen LogP contribution in [-0.4, -0.2) is 9.55 Å². The Morgan fingerprint density at radius 1 is 0.500 bits per heavy atom. The van der Waals surface area contributed by atoms with Gasteiger partial charge in [-0.1, -0.05) is 173 Å². The first-order chi connectivity index (χ1) is 32.8. The summed E-state index contributed by atoms with van der Waals surface area (Å²) in [4.78, 5) is 6.89. The van der Waals surface area contributed by atoms with Crippen molar-refractivity contribution in [2.75, 3.05) is 10.2 Å². The normalized spacial score (nSPS) is 12.8. The van der Waals surface area contributed by atoms with Crippen LogP contribution in [0.5, 0.6) is 11.5 Å². The molecule has 0 saturated carbocycles. The van der Waals surface area contributed by atoms with Gasteiger partial charge in [-0.05, 0) is 125 Å². The second-order valence-electron chi connectivity index (χ2n) is 25.9. The molecule has 6 heteroatoms. The smallest absolute Gasteiger partial charge is 0.135 e. The summed E-state index contributed by atoms with van der Waals surface area (Å²) < 4.78 is 8.93. The van der Waals surface area contributed by atoms with Gasteiger partial charge in [0.25, 0.3) is 0 Å². The number of hydrogen-bond donors (Lipinski definition) is 1. The summed E-state index contributed by atoms with van der Waals surface area (Å²) in [6, 6.07) is 49.3. The van der Waals surface area contributed by atoms with Crippen molar-refractivity contribution >= 4 is 44.6 Å². The van der Waals surface area contributed by atoms with Crippen LogP contribution in [0.3, 0.4) is 0 Å². The molecule has 0 aliphatic carbocycles. The molecule has 380 valence electrons. The summed E-state index contributed by atoms with van der Waals surface area (Å²) in [5.41, 5.74) is 15.4. The quantitative estimate of drug-likeness (QED) is 0.154. The first kappa shape index (κ1) is 54.1. The molecule has 0 aliphatic rings. The van der Waals surface area contributed by atoms with E-state index in [9.17, 15) is 0 Å². The molecule has 0 spiro atoms. The number of hydrogen-bond acceptors (Lipinski definition) is 4. The largest absolute Gasteiger partial charge is 0.516 e. The van der Waals surface area contributed by atoms with Gasteiger partial charge in [-0.25, -0.2) is 4.98 Å². The number of ether oxygens (including phenoxy) is 1. The number of aromatic nitrogens is 2. The van der Waals surface area contributed by atoms with Crippen molar-refractivity contribution in [3.8, 4) is 28.4 Å². The van der Waals surface area contributed by atoms with Gasteiger partial charge in [-0.15, -0.1) is 41.4 Å². The van der Waals surface area contributed by atoms with Crippen LogP contribution in [0.1, 0.15) is 158 Å². The van der Waals surface area contributed by atoms with Crippen LogP contribution in [0.2, 0.25) is 0 Å². The number of nitrogens with one attached hydrogen (secondary N) is 1. The molecule has 8 rings (SSSR count). The van der Waals surface area contributed by atoms with Gasteiger partial charge in [-0.2, -0.15) is 12.1 Å². The Labute approximate surface area is 447 Å². The van der Waals surface area contributed by atoms with E-state index in [0.717, 1.165) is 50.4 Å². The third-order valence-electron chi connectivity index (χ3n) is 13.9. The van der Waals surface area contributed by atoms with Gasteiger partial charge in [-0.3, -0.25) is 7.05 Å². The average Bonchev–Trinajstić information content (AvgIpc) is 3.60. The SMILES string of the molecule is [CH2-]N(c1[c-]c(Oc2[c-]c3c(cc2)c2cc(C(C)(C)C)ccc2n3-c2cc(C(C)(C)C)ccn2)ccc1)c1cc(C(C)(C)C)ccc1Nc1cc(-c2cc(C(C)(C)C)cc(C(C)(C)C)c2)cc(C(C)(C)C)c1.[Pt]. The summed E-state index contributed by atoms with van der Waals surface area (Å²) in [5, 5.41) is 6.15. The molecule has 2 heterocycles. The Morgan fingerprint density at radius 3 is 1.62 bits per heavy atom. The summed E-state index contributed by atoms with van der Waals surface area (Å²) >= 11 is 0. The third-order valence-corrected chi connectivity index (χ3v) is 13.9. The number of rotatable bonds is 8. The maximum Gasteiger partial charge on any atom is 0.135 e. The van der Waals surface area contributed by atoms with Crippen molar-refractivity contribution in [2.24, 2.45) is 0 Å². The van der Waals surface area contributed by atoms with Crippen molar-refractivity contribution in [1.82, 2.24) is 9.55 Å². The zero-order valence-corrected chi connectivity index (χ0v) is 48.6. The Bertz CT molecular complexity index is 3240. The fourth-order valence-corrected chi connectivity index (χ4v) is 9.04. The van der Waals surface area contributed by atoms with Gasteiger partial charge >= 0.3 is 0 Å². The van der Waals surface area contributed by atoms with Crippen molar-refractivity contribution in [3.63, 3.8) is 0 Å². The van der Waals surface area contributed by atoms with E-state index < -0.39 is 0 Å². The Balaban J connectivity index is 0.00000760. The molecule has 2 aromatic heterocycles. The van der Waals surface area contributed by atoms with Crippen molar-refractivity contribution < 1.29 is 25.8 Å². The zero-order chi connectivity index (χ0) is 51.8. The molecule has 1 N–H and O–H groups in total. The molecule has 0 atom stereocenters. The Hall–Kier alpha value is -5.64. The number of nitrogens with zero attached hydrogens (tertiary/aromatic N) is 3. The van der Waals surface area contributed by atoms with Gasteiger partial charge in [0.1, 0.15) is 5.82 Å². The number of fused-ring (bicyclic) bond motifs is 3. The van der Waals surface area contributed by atoms with Gasteiger partial charge < -0.3 is 19.5 Å². The summed E-state index contributed by atoms with van der Waals surface area (Å²) in [6.07, 6.45) is 1.91. The maximum absolute atomic E-state index is 6.70. The molecule has 72 heavy (non-hydrogen) atoms. The first-order valence-electron chi connectivity index (χ1n) is 25.4. The minimum absolute atomic E-state index is 0. The van der Waals surface area contributed by atoms with E-state index in [1.165, 1.54) is 44.5 Å². The molecule has 5 nitrogen and oxygen atoms in total. The van der Waals surface area contributed by atoms with Gasteiger partial charge in [0, 0.05) is 55.7 Å². The number of benzene rings is 6. The van der Waals surface area contributed by atoms with Crippen LogP contribution in [0, 0.1) is 19.2 Å². The Morgan fingerprint density at radius 2 is 1.03 bits per heavy atom. The minimum atomic E-state index is -0.0974. The van der Waals surface area contributed by atoms with E-state index in [1.54, 1.807) is 0 Å². The van der Waals surface area contributed by atoms with E-state index >= 15 is 0 Å². The van der Waals surface area contributed by atoms with E-state index in [0.29, 0.717) is 11.5 Å². The molecule has 0 radical (unpaired) electrons. The van der Waals surface area contributed by atoms with Gasteiger partial charge in [0.05, 0.1) is 5.69 Å². The fraction of sp³-hybridized carbons (Fsp3) is 0.364. The van der Waals surface area contributed by atoms with Gasteiger partial charge in [0.2, 0.25) is 0 Å². The maximum atomic E-state index is 6.70. The molecule has 0 aliphatic heterocycles. The molecule has 0 unspecified atom stereocenters. The second kappa shape index (κ2) is 19.3. The minimum Gasteiger partial charge on any atom is -0.516 e. The summed E-state index contributed by atoms with van der Waals surface area (Å²) in [5.74, 6) is 2.00. The fourth-order valence-electron chi connectivity index (χ4n) is 9.04. The monoisotopic (exact) mass is 1140 g/mol. The number of anilines is 4. The average molecular weight is 1140 g/mol. The molecule has 0 amide bonds. The predicted octanol–water partition coefficient (Wildman–Crippen LogP) is 18.7. The second-order valence-corrected chi connectivity index (χ2v) is 25.9. The standard InChI is InChI=1S/C66H77N4O.Pt/c1-61(2,3)44-24-28-57-55(37-44)54-26-25-53(41-58(54)70(57)60-39-46(29-30-67-60)63(7,8)9)71-52-22-20-21-51(40-52)69(19)59-38-45(62(4,5)6)23-27-56(59)68-50-34-43(33-49(36-50)66(16,17)18)42-31-47(64(10,11)12)35-48(32-42)65(13,14)15;/h20-39,68H,19H2,1-18H3;/q-3;. The van der Waals surface area contributed by atoms with Crippen LogP contribution in [0.25, 0.3) is 38.8 Å². The zero-order valence-electron chi connectivity index (χ0n) is 46.3. The van der Waals surface area contributed by atoms with Crippen LogP contribution < -0.4 is 15.0 Å². The first-order valence-corrected chi connectivity index (χ1v) is 25.4. The van der Waals surface area contributed by atoms with Gasteiger partial charge in [0.15, 0.2) is 0 Å². The van der Waals surface area contributed by atoms with Crippen LogP contribution in [0.15, 0.2) is 121 Å². The summed E-state index contributed by atoms with van der Waals surface area (Å²) in [6.45, 7) is 40.9. The van der Waals surface area contributed by atoms with Crippen molar-refractivity contribution in [1.29, 1.82) is 0 Å². The molecule has 0 bridgehead atoms. The third kappa shape index (κ3) is 11.6. The molecule has 6 aromatic carbocycles. The Kier molecular flexibility index (Phi) is 14.5. The van der Waals surface area contributed by atoms with Crippen LogP contribution in [-0.2, 0) is 53.6 Å². The topological polar surface area (TPSA) is 42.3 Å². The van der Waals surface area contributed by atoms with E-state index in [-0.39, 0.29) is 53.6 Å². The molecular formula is C66H77N4OPt-3. The van der Waals surface area contributed by atoms with Crippen LogP contribution >= 0.6 is 0 Å². The van der Waals surface area contributed by atoms with Crippen molar-refractivity contribution in [3.05, 3.63) is 174 Å². The van der Waals surface area contributed by atoms with E-state index in [1.807, 2.05) is 35.4 Å². The molecule has 0 fully saturated rings.